The van der Waals surface area contributed by atoms with E-state index in [9.17, 15) is 14.7 Å². The van der Waals surface area contributed by atoms with Crippen LogP contribution in [0.15, 0.2) is 66.2 Å². The van der Waals surface area contributed by atoms with Gasteiger partial charge < -0.3 is 9.84 Å². The highest BCUT2D eigenvalue weighted by atomic mass is 32.1. The number of nitrogens with zero attached hydrogens (tertiary/aromatic N) is 2. The summed E-state index contributed by atoms with van der Waals surface area (Å²) in [7, 11) is 1.56. The summed E-state index contributed by atoms with van der Waals surface area (Å²) in [5.74, 6) is -0.720. The Hall–Kier alpha value is -3.97. The molecule has 0 radical (unpaired) electrons. The minimum absolute atomic E-state index is 0.0413. The number of ether oxygens (including phenoxy) is 1. The lowest BCUT2D eigenvalue weighted by molar-refractivity contribution is -0.132. The number of aliphatic hydroxyl groups is 1. The molecule has 188 valence electrons. The molecule has 4 aromatic rings. The molecule has 37 heavy (non-hydrogen) atoms. The van der Waals surface area contributed by atoms with Gasteiger partial charge in [0.2, 0.25) is 0 Å². The van der Waals surface area contributed by atoms with Gasteiger partial charge in [0.05, 0.1) is 28.9 Å². The Labute approximate surface area is 219 Å². The Morgan fingerprint density at radius 2 is 1.70 bits per heavy atom. The maximum absolute atomic E-state index is 13.5. The average Bonchev–Trinajstić information content (AvgIpc) is 3.42. The number of aryl methyl sites for hydroxylation is 2. The zero-order valence-electron chi connectivity index (χ0n) is 21.4. The van der Waals surface area contributed by atoms with E-state index in [0.717, 1.165) is 32.5 Å². The van der Waals surface area contributed by atoms with Crippen molar-refractivity contribution in [3.8, 4) is 5.75 Å². The lowest BCUT2D eigenvalue weighted by Gasteiger charge is -2.23. The van der Waals surface area contributed by atoms with E-state index >= 15 is 0 Å². The number of hydrogen-bond acceptors (Lipinski definition) is 6. The molecule has 2 heterocycles. The largest absolute Gasteiger partial charge is 0.507 e. The number of aliphatic hydroxyl groups excluding tert-OH is 1. The van der Waals surface area contributed by atoms with Crippen LogP contribution in [0.5, 0.6) is 5.75 Å². The number of amides is 1. The SMILES string of the molecule is COc1ccc(/C(O)=C2\C(=O)C(=O)N(c3nc4c(C)cc(C)cc4s3)[C@H]2c2ccc(C(C)C)cc2)cc1. The predicted octanol–water partition coefficient (Wildman–Crippen LogP) is 6.67. The fourth-order valence-corrected chi connectivity index (χ4v) is 5.94. The zero-order chi connectivity index (χ0) is 26.4. The van der Waals surface area contributed by atoms with Crippen LogP contribution < -0.4 is 9.64 Å². The summed E-state index contributed by atoms with van der Waals surface area (Å²) in [4.78, 5) is 33.2. The number of thiazole rings is 1. The van der Waals surface area contributed by atoms with E-state index in [4.69, 9.17) is 9.72 Å². The van der Waals surface area contributed by atoms with Gasteiger partial charge in [-0.05, 0) is 72.4 Å². The van der Waals surface area contributed by atoms with Crippen LogP contribution in [0.25, 0.3) is 16.0 Å². The summed E-state index contributed by atoms with van der Waals surface area (Å²) in [5, 5.41) is 11.8. The van der Waals surface area contributed by atoms with Crippen LogP contribution >= 0.6 is 11.3 Å². The van der Waals surface area contributed by atoms with Gasteiger partial charge in [-0.15, -0.1) is 0 Å². The number of fused-ring (bicyclic) bond motifs is 1. The Morgan fingerprint density at radius 1 is 1.03 bits per heavy atom. The molecule has 0 saturated carbocycles. The van der Waals surface area contributed by atoms with E-state index in [2.05, 4.69) is 13.8 Å². The molecule has 1 fully saturated rings. The van der Waals surface area contributed by atoms with Crippen LogP contribution in [-0.2, 0) is 9.59 Å². The van der Waals surface area contributed by atoms with Crippen molar-refractivity contribution in [2.75, 3.05) is 12.0 Å². The molecule has 0 bridgehead atoms. The summed E-state index contributed by atoms with van der Waals surface area (Å²) in [5.41, 5.74) is 5.25. The van der Waals surface area contributed by atoms with Crippen molar-refractivity contribution in [3.63, 3.8) is 0 Å². The van der Waals surface area contributed by atoms with Crippen molar-refractivity contribution in [2.45, 2.75) is 39.7 Å². The van der Waals surface area contributed by atoms with Crippen LogP contribution in [0, 0.1) is 13.8 Å². The van der Waals surface area contributed by atoms with Crippen LogP contribution in [0.2, 0.25) is 0 Å². The maximum Gasteiger partial charge on any atom is 0.301 e. The first-order valence-electron chi connectivity index (χ1n) is 12.1. The molecule has 1 aromatic heterocycles. The highest BCUT2D eigenvalue weighted by molar-refractivity contribution is 7.22. The topological polar surface area (TPSA) is 79.7 Å². The number of aromatic nitrogens is 1. The lowest BCUT2D eigenvalue weighted by Crippen LogP contribution is -2.29. The van der Waals surface area contributed by atoms with Gasteiger partial charge in [0.1, 0.15) is 11.5 Å². The van der Waals surface area contributed by atoms with E-state index in [1.54, 1.807) is 31.4 Å². The van der Waals surface area contributed by atoms with Gasteiger partial charge in [-0.1, -0.05) is 55.5 Å². The molecule has 5 rings (SSSR count). The van der Waals surface area contributed by atoms with E-state index in [1.165, 1.54) is 16.2 Å². The molecule has 1 aliphatic heterocycles. The van der Waals surface area contributed by atoms with Crippen LogP contribution in [0.3, 0.4) is 0 Å². The van der Waals surface area contributed by atoms with Crippen molar-refractivity contribution < 1.29 is 19.4 Å². The van der Waals surface area contributed by atoms with Crippen molar-refractivity contribution in [2.24, 2.45) is 0 Å². The third-order valence-electron chi connectivity index (χ3n) is 6.75. The monoisotopic (exact) mass is 512 g/mol. The molecule has 1 N–H and O–H groups in total. The van der Waals surface area contributed by atoms with Crippen LogP contribution in [-0.4, -0.2) is 28.9 Å². The standard InChI is InChI=1S/C30H28N2O4S/c1-16(2)19-6-8-20(9-7-19)26-24(27(33)21-10-12-22(36-5)13-11-21)28(34)29(35)32(26)30-31-25-18(4)14-17(3)15-23(25)37-30/h6-16,26,33H,1-5H3/b27-24+/t26-/m0/s1. The summed E-state index contributed by atoms with van der Waals surface area (Å²) in [6.07, 6.45) is 0. The second kappa shape index (κ2) is 9.48. The summed E-state index contributed by atoms with van der Waals surface area (Å²) in [6.45, 7) is 8.22. The Bertz CT molecular complexity index is 1550. The van der Waals surface area contributed by atoms with E-state index in [-0.39, 0.29) is 11.3 Å². The Balaban J connectivity index is 1.71. The first-order chi connectivity index (χ1) is 17.7. The molecule has 7 heteroatoms. The van der Waals surface area contributed by atoms with Crippen molar-refractivity contribution >= 4 is 44.1 Å². The lowest BCUT2D eigenvalue weighted by atomic mass is 9.93. The van der Waals surface area contributed by atoms with Gasteiger partial charge >= 0.3 is 5.91 Å². The first kappa shape index (κ1) is 24.7. The van der Waals surface area contributed by atoms with Gasteiger partial charge in [-0.3, -0.25) is 14.5 Å². The quantitative estimate of drug-likeness (QED) is 0.183. The second-order valence-corrected chi connectivity index (χ2v) is 10.7. The number of anilines is 1. The number of carbonyl (C=O) groups is 2. The first-order valence-corrected chi connectivity index (χ1v) is 12.9. The number of hydrogen-bond donors (Lipinski definition) is 1. The van der Waals surface area contributed by atoms with Gasteiger partial charge in [-0.2, -0.15) is 0 Å². The molecule has 1 atom stereocenters. The van der Waals surface area contributed by atoms with Crippen molar-refractivity contribution in [3.05, 3.63) is 94.1 Å². The highest BCUT2D eigenvalue weighted by Gasteiger charge is 2.48. The molecule has 0 unspecified atom stereocenters. The number of carbonyl (C=O) groups excluding carboxylic acids is 2. The molecule has 3 aromatic carbocycles. The highest BCUT2D eigenvalue weighted by Crippen LogP contribution is 2.45. The number of methoxy groups -OCH3 is 1. The molecule has 1 amide bonds. The number of rotatable bonds is 5. The number of benzene rings is 3. The minimum Gasteiger partial charge on any atom is -0.507 e. The zero-order valence-corrected chi connectivity index (χ0v) is 22.2. The van der Waals surface area contributed by atoms with E-state index in [1.807, 2.05) is 50.2 Å². The molecule has 1 saturated heterocycles. The van der Waals surface area contributed by atoms with Gasteiger partial charge in [0, 0.05) is 5.56 Å². The summed E-state index contributed by atoms with van der Waals surface area (Å²) in [6, 6.07) is 17.9. The number of ketones is 1. The van der Waals surface area contributed by atoms with E-state index in [0.29, 0.717) is 22.4 Å². The molecular formula is C30H28N2O4S. The third kappa shape index (κ3) is 4.29. The predicted molar refractivity (Wildman–Crippen MR) is 147 cm³/mol. The second-order valence-electron chi connectivity index (χ2n) is 9.64. The molecule has 1 aliphatic rings. The molecular weight excluding hydrogens is 484 g/mol. The van der Waals surface area contributed by atoms with Crippen LogP contribution in [0.4, 0.5) is 5.13 Å². The van der Waals surface area contributed by atoms with Crippen LogP contribution in [0.1, 0.15) is 53.6 Å². The molecule has 0 spiro atoms. The van der Waals surface area contributed by atoms with Gasteiger partial charge in [0.25, 0.3) is 5.78 Å². The van der Waals surface area contributed by atoms with E-state index < -0.39 is 17.7 Å². The number of Topliss-reactive ketones (excluding diaryl/α,β-unsaturated/α-hetero) is 1. The Kier molecular flexibility index (Phi) is 6.33. The molecule has 6 nitrogen and oxygen atoms in total. The Morgan fingerprint density at radius 3 is 2.32 bits per heavy atom. The normalized spacial score (nSPS) is 17.2. The third-order valence-corrected chi connectivity index (χ3v) is 7.75. The minimum atomic E-state index is -0.815. The smallest absolute Gasteiger partial charge is 0.301 e. The fourth-order valence-electron chi connectivity index (χ4n) is 4.77. The van der Waals surface area contributed by atoms with Crippen molar-refractivity contribution in [1.29, 1.82) is 0 Å². The molecule has 0 aliphatic carbocycles. The maximum atomic E-state index is 13.5. The van der Waals surface area contributed by atoms with Gasteiger partial charge in [0.15, 0.2) is 5.13 Å². The average molecular weight is 513 g/mol. The van der Waals surface area contributed by atoms with Crippen molar-refractivity contribution in [1.82, 2.24) is 4.98 Å². The summed E-state index contributed by atoms with van der Waals surface area (Å²) < 4.78 is 6.16. The van der Waals surface area contributed by atoms with Gasteiger partial charge in [-0.25, -0.2) is 4.98 Å². The summed E-state index contributed by atoms with van der Waals surface area (Å²) >= 11 is 1.37. The fraction of sp³-hybridized carbons (Fsp3) is 0.233.